The van der Waals surface area contributed by atoms with Crippen LogP contribution in [-0.2, 0) is 4.74 Å². The predicted molar refractivity (Wildman–Crippen MR) is 139 cm³/mol. The van der Waals surface area contributed by atoms with E-state index in [2.05, 4.69) is 15.9 Å². The SMILES string of the molecule is CCOC(=O)c1cccc(N2CCC(CN3CCC(Oc4ccc(Cl)c(Cl)c4C)CC3)CC2)c1. The summed E-state index contributed by atoms with van der Waals surface area (Å²) in [6.45, 7) is 9.50. The minimum absolute atomic E-state index is 0.223. The number of piperidine rings is 2. The van der Waals surface area contributed by atoms with Crippen molar-refractivity contribution in [2.24, 2.45) is 5.92 Å². The van der Waals surface area contributed by atoms with Crippen molar-refractivity contribution in [2.75, 3.05) is 44.2 Å². The van der Waals surface area contributed by atoms with Crippen LogP contribution in [0.4, 0.5) is 5.69 Å². The van der Waals surface area contributed by atoms with E-state index in [1.54, 1.807) is 6.07 Å². The summed E-state index contributed by atoms with van der Waals surface area (Å²) in [5.41, 5.74) is 2.65. The van der Waals surface area contributed by atoms with Crippen LogP contribution in [0.1, 0.15) is 48.5 Å². The van der Waals surface area contributed by atoms with Gasteiger partial charge in [0.2, 0.25) is 0 Å². The molecule has 0 amide bonds. The lowest BCUT2D eigenvalue weighted by atomic mass is 9.94. The van der Waals surface area contributed by atoms with Crippen LogP contribution in [0.25, 0.3) is 0 Å². The molecule has 2 aromatic carbocycles. The normalized spacial score (nSPS) is 18.2. The lowest BCUT2D eigenvalue weighted by molar-refractivity contribution is 0.0526. The smallest absolute Gasteiger partial charge is 0.338 e. The van der Waals surface area contributed by atoms with E-state index < -0.39 is 0 Å². The number of benzene rings is 2. The van der Waals surface area contributed by atoms with Gasteiger partial charge in [-0.25, -0.2) is 4.79 Å². The molecule has 2 fully saturated rings. The lowest BCUT2D eigenvalue weighted by Gasteiger charge is -2.38. The monoisotopic (exact) mass is 504 g/mol. The number of esters is 1. The third-order valence-corrected chi connectivity index (χ3v) is 7.87. The summed E-state index contributed by atoms with van der Waals surface area (Å²) < 4.78 is 11.4. The van der Waals surface area contributed by atoms with E-state index >= 15 is 0 Å². The molecule has 2 aliphatic heterocycles. The second-order valence-electron chi connectivity index (χ2n) is 9.30. The number of halogens is 2. The highest BCUT2D eigenvalue weighted by molar-refractivity contribution is 6.42. The van der Waals surface area contributed by atoms with Gasteiger partial charge < -0.3 is 19.3 Å². The number of carbonyl (C=O) groups is 1. The molecule has 0 bridgehead atoms. The van der Waals surface area contributed by atoms with Crippen LogP contribution < -0.4 is 9.64 Å². The highest BCUT2D eigenvalue weighted by Crippen LogP contribution is 2.34. The third-order valence-electron chi connectivity index (χ3n) is 6.97. The molecule has 2 aliphatic rings. The molecule has 0 spiro atoms. The number of ether oxygens (including phenoxy) is 2. The molecule has 184 valence electrons. The van der Waals surface area contributed by atoms with Crippen LogP contribution in [0, 0.1) is 12.8 Å². The van der Waals surface area contributed by atoms with Crippen molar-refractivity contribution in [1.82, 2.24) is 4.90 Å². The number of nitrogens with zero attached hydrogens (tertiary/aromatic N) is 2. The average Bonchev–Trinajstić information content (AvgIpc) is 2.86. The molecule has 0 radical (unpaired) electrons. The van der Waals surface area contributed by atoms with Gasteiger partial charge in [0.15, 0.2) is 0 Å². The summed E-state index contributed by atoms with van der Waals surface area (Å²) in [6, 6.07) is 11.5. The molecule has 34 heavy (non-hydrogen) atoms. The van der Waals surface area contributed by atoms with E-state index in [0.29, 0.717) is 28.1 Å². The predicted octanol–water partition coefficient (Wildman–Crippen LogP) is 6.24. The number of rotatable bonds is 7. The van der Waals surface area contributed by atoms with Gasteiger partial charge in [-0.15, -0.1) is 0 Å². The zero-order valence-corrected chi connectivity index (χ0v) is 21.6. The Hall–Kier alpha value is -1.95. The first kappa shape index (κ1) is 25.2. The van der Waals surface area contributed by atoms with Crippen molar-refractivity contribution < 1.29 is 14.3 Å². The number of anilines is 1. The first-order valence-electron chi connectivity index (χ1n) is 12.3. The summed E-state index contributed by atoms with van der Waals surface area (Å²) in [4.78, 5) is 17.0. The molecule has 2 heterocycles. The van der Waals surface area contributed by atoms with Crippen molar-refractivity contribution in [1.29, 1.82) is 0 Å². The molecule has 2 aromatic rings. The van der Waals surface area contributed by atoms with Gasteiger partial charge in [-0.2, -0.15) is 0 Å². The molecule has 7 heteroatoms. The molecule has 5 nitrogen and oxygen atoms in total. The molecule has 0 saturated carbocycles. The van der Waals surface area contributed by atoms with Crippen LogP contribution in [0.15, 0.2) is 36.4 Å². The largest absolute Gasteiger partial charge is 0.490 e. The Morgan fingerprint density at radius 3 is 2.47 bits per heavy atom. The quantitative estimate of drug-likeness (QED) is 0.417. The second kappa shape index (κ2) is 11.7. The Labute approximate surface area is 212 Å². The van der Waals surface area contributed by atoms with Gasteiger partial charge in [0.05, 0.1) is 22.2 Å². The topological polar surface area (TPSA) is 42.0 Å². The van der Waals surface area contributed by atoms with Crippen LogP contribution in [0.3, 0.4) is 0 Å². The van der Waals surface area contributed by atoms with Crippen LogP contribution >= 0.6 is 23.2 Å². The standard InChI is InChI=1S/C27H34Cl2N2O3/c1-3-33-27(32)21-5-4-6-22(17-21)31-15-9-20(10-16-31)18-30-13-11-23(12-14-30)34-25-8-7-24(28)26(29)19(25)2/h4-8,17,20,23H,3,9-16,18H2,1-2H3. The Morgan fingerprint density at radius 2 is 1.76 bits per heavy atom. The molecule has 0 N–H and O–H groups in total. The summed E-state index contributed by atoms with van der Waals surface area (Å²) in [5, 5.41) is 1.15. The Morgan fingerprint density at radius 1 is 1.03 bits per heavy atom. The number of carbonyl (C=O) groups excluding carboxylic acids is 1. The fourth-order valence-corrected chi connectivity index (χ4v) is 5.29. The minimum atomic E-state index is -0.249. The van der Waals surface area contributed by atoms with E-state index in [1.165, 1.54) is 12.8 Å². The van der Waals surface area contributed by atoms with Crippen molar-refractivity contribution in [3.63, 3.8) is 0 Å². The third kappa shape index (κ3) is 6.18. The van der Waals surface area contributed by atoms with E-state index in [-0.39, 0.29) is 12.1 Å². The van der Waals surface area contributed by atoms with Gasteiger partial charge in [-0.1, -0.05) is 29.3 Å². The van der Waals surface area contributed by atoms with Gasteiger partial charge in [-0.05, 0) is 75.8 Å². The van der Waals surface area contributed by atoms with Crippen molar-refractivity contribution in [3.05, 3.63) is 57.6 Å². The molecule has 0 aromatic heterocycles. The van der Waals surface area contributed by atoms with Gasteiger partial charge in [-0.3, -0.25) is 0 Å². The van der Waals surface area contributed by atoms with Crippen LogP contribution in [0.5, 0.6) is 5.75 Å². The van der Waals surface area contributed by atoms with E-state index in [9.17, 15) is 4.79 Å². The fourth-order valence-electron chi connectivity index (χ4n) is 4.93. The first-order valence-corrected chi connectivity index (χ1v) is 13.1. The van der Waals surface area contributed by atoms with Crippen molar-refractivity contribution in [2.45, 2.75) is 45.6 Å². The first-order chi connectivity index (χ1) is 16.4. The zero-order chi connectivity index (χ0) is 24.1. The molecule has 2 saturated heterocycles. The van der Waals surface area contributed by atoms with E-state index in [4.69, 9.17) is 32.7 Å². The average molecular weight is 505 g/mol. The summed E-state index contributed by atoms with van der Waals surface area (Å²) >= 11 is 12.4. The highest BCUT2D eigenvalue weighted by Gasteiger charge is 2.26. The number of likely N-dealkylation sites (tertiary alicyclic amines) is 1. The van der Waals surface area contributed by atoms with Gasteiger partial charge in [0.1, 0.15) is 11.9 Å². The second-order valence-corrected chi connectivity index (χ2v) is 10.1. The summed E-state index contributed by atoms with van der Waals surface area (Å²) in [5.74, 6) is 1.30. The van der Waals surface area contributed by atoms with E-state index in [0.717, 1.165) is 62.6 Å². The fraction of sp³-hybridized carbons (Fsp3) is 0.519. The highest BCUT2D eigenvalue weighted by atomic mass is 35.5. The van der Waals surface area contributed by atoms with Crippen LogP contribution in [-0.4, -0.2) is 56.3 Å². The van der Waals surface area contributed by atoms with Gasteiger partial charge >= 0.3 is 5.97 Å². The Bertz CT molecular complexity index is 984. The maximum absolute atomic E-state index is 12.1. The molecule has 0 unspecified atom stereocenters. The van der Waals surface area contributed by atoms with E-state index in [1.807, 2.05) is 38.1 Å². The van der Waals surface area contributed by atoms with Gasteiger partial charge in [0.25, 0.3) is 0 Å². The molecular weight excluding hydrogens is 471 g/mol. The van der Waals surface area contributed by atoms with Crippen LogP contribution in [0.2, 0.25) is 10.0 Å². The number of hydrogen-bond donors (Lipinski definition) is 0. The maximum Gasteiger partial charge on any atom is 0.338 e. The summed E-state index contributed by atoms with van der Waals surface area (Å²) in [6.07, 6.45) is 4.62. The zero-order valence-electron chi connectivity index (χ0n) is 20.1. The Balaban J connectivity index is 1.22. The van der Waals surface area contributed by atoms with Gasteiger partial charge in [0, 0.05) is 44.0 Å². The molecule has 4 rings (SSSR count). The van der Waals surface area contributed by atoms with Crippen molar-refractivity contribution >= 4 is 34.9 Å². The summed E-state index contributed by atoms with van der Waals surface area (Å²) in [7, 11) is 0. The minimum Gasteiger partial charge on any atom is -0.490 e. The van der Waals surface area contributed by atoms with Crippen molar-refractivity contribution in [3.8, 4) is 5.75 Å². The molecule has 0 atom stereocenters. The lowest BCUT2D eigenvalue weighted by Crippen LogP contribution is -2.43. The Kier molecular flexibility index (Phi) is 8.62. The molecular formula is C27H34Cl2N2O3. The molecule has 0 aliphatic carbocycles. The number of hydrogen-bond acceptors (Lipinski definition) is 5. The maximum atomic E-state index is 12.1.